The van der Waals surface area contributed by atoms with Crippen molar-refractivity contribution in [3.8, 4) is 0 Å². The van der Waals surface area contributed by atoms with E-state index in [2.05, 4.69) is 0 Å². The highest BCUT2D eigenvalue weighted by Gasteiger charge is 2.59. The molecule has 1 rings (SSSR count). The van der Waals surface area contributed by atoms with Gasteiger partial charge in [0.1, 0.15) is 6.61 Å². The van der Waals surface area contributed by atoms with Crippen LogP contribution in [-0.4, -0.2) is 30.0 Å². The van der Waals surface area contributed by atoms with Crippen LogP contribution in [0.2, 0.25) is 0 Å². The van der Waals surface area contributed by atoms with Crippen LogP contribution in [0.15, 0.2) is 0 Å². The Balaban J connectivity index is 2.88. The smallest absolute Gasteiger partial charge is 0.307 e. The van der Waals surface area contributed by atoms with Gasteiger partial charge in [-0.2, -0.15) is 0 Å². The van der Waals surface area contributed by atoms with E-state index in [9.17, 15) is 14.4 Å². The molecular formula is C13H19ClO4. The van der Waals surface area contributed by atoms with Gasteiger partial charge in [0.2, 0.25) is 5.78 Å². The van der Waals surface area contributed by atoms with Gasteiger partial charge in [0, 0.05) is 12.3 Å². The molecule has 1 saturated carbocycles. The lowest BCUT2D eigenvalue weighted by atomic mass is 9.66. The lowest BCUT2D eigenvalue weighted by Crippen LogP contribution is -2.43. The standard InChI is InChI=1S/C13H19ClO4/c1-4-13(8-18-10(16)5-6-14)11(17)9(15)7-12(13,2)3/h4-8H2,1-3H3. The molecule has 0 spiro atoms. The lowest BCUT2D eigenvalue weighted by Gasteiger charge is -2.37. The highest BCUT2D eigenvalue weighted by molar-refractivity contribution is 6.41. The largest absolute Gasteiger partial charge is 0.465 e. The van der Waals surface area contributed by atoms with Crippen molar-refractivity contribution in [1.82, 2.24) is 0 Å². The highest BCUT2D eigenvalue weighted by atomic mass is 35.5. The van der Waals surface area contributed by atoms with Gasteiger partial charge in [-0.15, -0.1) is 11.6 Å². The molecule has 1 aliphatic rings. The van der Waals surface area contributed by atoms with Gasteiger partial charge >= 0.3 is 5.97 Å². The van der Waals surface area contributed by atoms with E-state index >= 15 is 0 Å². The van der Waals surface area contributed by atoms with E-state index in [1.54, 1.807) is 0 Å². The van der Waals surface area contributed by atoms with Crippen LogP contribution in [0.3, 0.4) is 0 Å². The van der Waals surface area contributed by atoms with Crippen LogP contribution in [0, 0.1) is 10.8 Å². The first-order valence-electron chi connectivity index (χ1n) is 6.10. The minimum Gasteiger partial charge on any atom is -0.465 e. The maximum absolute atomic E-state index is 12.1. The quantitative estimate of drug-likeness (QED) is 0.438. The monoisotopic (exact) mass is 274 g/mol. The maximum atomic E-state index is 12.1. The van der Waals surface area contributed by atoms with Crippen LogP contribution >= 0.6 is 11.6 Å². The number of esters is 1. The molecule has 1 aliphatic carbocycles. The van der Waals surface area contributed by atoms with E-state index in [4.69, 9.17) is 16.3 Å². The van der Waals surface area contributed by atoms with Gasteiger partial charge in [-0.05, 0) is 11.8 Å². The fourth-order valence-electron chi connectivity index (χ4n) is 2.58. The average Bonchev–Trinajstić information content (AvgIpc) is 2.45. The molecule has 1 unspecified atom stereocenters. The zero-order chi connectivity index (χ0) is 14.0. The van der Waals surface area contributed by atoms with Crippen LogP contribution in [0.4, 0.5) is 0 Å². The molecule has 0 radical (unpaired) electrons. The molecular weight excluding hydrogens is 256 g/mol. The maximum Gasteiger partial charge on any atom is 0.307 e. The second kappa shape index (κ2) is 5.39. The number of hydrogen-bond acceptors (Lipinski definition) is 4. The molecule has 18 heavy (non-hydrogen) atoms. The molecule has 0 aromatic carbocycles. The highest BCUT2D eigenvalue weighted by Crippen LogP contribution is 2.51. The number of carbonyl (C=O) groups excluding carboxylic acids is 3. The van der Waals surface area contributed by atoms with Crippen molar-refractivity contribution in [3.05, 3.63) is 0 Å². The molecule has 0 N–H and O–H groups in total. The minimum absolute atomic E-state index is 0.0310. The first-order valence-corrected chi connectivity index (χ1v) is 6.63. The van der Waals surface area contributed by atoms with E-state index in [1.807, 2.05) is 20.8 Å². The first kappa shape index (κ1) is 15.2. The summed E-state index contributed by atoms with van der Waals surface area (Å²) in [6.45, 7) is 5.55. The van der Waals surface area contributed by atoms with Gasteiger partial charge in [0.05, 0.1) is 11.8 Å². The Morgan fingerprint density at radius 2 is 2.00 bits per heavy atom. The third-order valence-electron chi connectivity index (χ3n) is 3.97. The summed E-state index contributed by atoms with van der Waals surface area (Å²) in [6.07, 6.45) is 0.815. The summed E-state index contributed by atoms with van der Waals surface area (Å²) in [6, 6.07) is 0. The Labute approximate surface area is 112 Å². The number of hydrogen-bond donors (Lipinski definition) is 0. The van der Waals surface area contributed by atoms with Crippen LogP contribution in [-0.2, 0) is 19.1 Å². The fraction of sp³-hybridized carbons (Fsp3) is 0.769. The Morgan fingerprint density at radius 3 is 2.39 bits per heavy atom. The number of Topliss-reactive ketones (excluding diaryl/α,β-unsaturated/α-hetero) is 2. The van der Waals surface area contributed by atoms with E-state index in [-0.39, 0.29) is 31.1 Å². The van der Waals surface area contributed by atoms with Crippen molar-refractivity contribution in [2.24, 2.45) is 10.8 Å². The minimum atomic E-state index is -0.883. The third kappa shape index (κ3) is 2.44. The molecule has 0 heterocycles. The third-order valence-corrected chi connectivity index (χ3v) is 4.16. The Bertz CT molecular complexity index is 375. The Hall–Kier alpha value is -0.900. The fourth-order valence-corrected chi connectivity index (χ4v) is 2.73. The van der Waals surface area contributed by atoms with Crippen molar-refractivity contribution in [2.75, 3.05) is 12.5 Å². The van der Waals surface area contributed by atoms with Gasteiger partial charge in [0.15, 0.2) is 5.78 Å². The molecule has 1 fully saturated rings. The second-order valence-electron chi connectivity index (χ2n) is 5.35. The lowest BCUT2D eigenvalue weighted by molar-refractivity contribution is -0.154. The topological polar surface area (TPSA) is 60.4 Å². The van der Waals surface area contributed by atoms with Crippen molar-refractivity contribution in [1.29, 1.82) is 0 Å². The van der Waals surface area contributed by atoms with E-state index < -0.39 is 22.6 Å². The second-order valence-corrected chi connectivity index (χ2v) is 5.73. The summed E-state index contributed by atoms with van der Waals surface area (Å²) in [5, 5.41) is 0. The molecule has 0 bridgehead atoms. The van der Waals surface area contributed by atoms with Crippen LogP contribution < -0.4 is 0 Å². The van der Waals surface area contributed by atoms with Crippen LogP contribution in [0.25, 0.3) is 0 Å². The van der Waals surface area contributed by atoms with Gasteiger partial charge in [-0.1, -0.05) is 20.8 Å². The molecule has 102 valence electrons. The predicted octanol–water partition coefficient (Wildman–Crippen LogP) is 2.12. The Morgan fingerprint density at radius 1 is 1.39 bits per heavy atom. The molecule has 0 amide bonds. The SMILES string of the molecule is CCC1(COC(=O)CCCl)C(=O)C(=O)CC1(C)C. The van der Waals surface area contributed by atoms with Gasteiger partial charge in [0.25, 0.3) is 0 Å². The zero-order valence-electron chi connectivity index (χ0n) is 11.0. The van der Waals surface area contributed by atoms with E-state index in [0.717, 1.165) is 0 Å². The van der Waals surface area contributed by atoms with E-state index in [0.29, 0.717) is 6.42 Å². The van der Waals surface area contributed by atoms with Gasteiger partial charge < -0.3 is 4.74 Å². The van der Waals surface area contributed by atoms with Crippen LogP contribution in [0.5, 0.6) is 0 Å². The van der Waals surface area contributed by atoms with Crippen molar-refractivity contribution < 1.29 is 19.1 Å². The zero-order valence-corrected chi connectivity index (χ0v) is 11.8. The van der Waals surface area contributed by atoms with Crippen molar-refractivity contribution in [3.63, 3.8) is 0 Å². The summed E-state index contributed by atoms with van der Waals surface area (Å²) in [4.78, 5) is 35.1. The molecule has 0 saturated heterocycles. The summed E-state index contributed by atoms with van der Waals surface area (Å²) < 4.78 is 5.12. The molecule has 0 aliphatic heterocycles. The molecule has 5 heteroatoms. The number of rotatable bonds is 5. The normalized spacial score (nSPS) is 26.4. The number of alkyl halides is 1. The summed E-state index contributed by atoms with van der Waals surface area (Å²) in [5.41, 5.74) is -1.36. The Kier molecular flexibility index (Phi) is 4.54. The molecule has 4 nitrogen and oxygen atoms in total. The molecule has 1 atom stereocenters. The van der Waals surface area contributed by atoms with Crippen molar-refractivity contribution in [2.45, 2.75) is 40.0 Å². The predicted molar refractivity (Wildman–Crippen MR) is 67.4 cm³/mol. The van der Waals surface area contributed by atoms with E-state index in [1.165, 1.54) is 0 Å². The van der Waals surface area contributed by atoms with Gasteiger partial charge in [-0.3, -0.25) is 14.4 Å². The average molecular weight is 275 g/mol. The van der Waals surface area contributed by atoms with Crippen LogP contribution in [0.1, 0.15) is 40.0 Å². The molecule has 0 aromatic rings. The number of halogens is 1. The molecule has 0 aromatic heterocycles. The van der Waals surface area contributed by atoms with Gasteiger partial charge in [-0.25, -0.2) is 0 Å². The summed E-state index contributed by atoms with van der Waals surface area (Å²) in [5.74, 6) is -1.02. The first-order chi connectivity index (χ1) is 8.30. The number of ether oxygens (including phenoxy) is 1. The summed E-state index contributed by atoms with van der Waals surface area (Å²) >= 11 is 5.45. The number of carbonyl (C=O) groups is 3. The summed E-state index contributed by atoms with van der Waals surface area (Å²) in [7, 11) is 0. The van der Waals surface area contributed by atoms with Crippen molar-refractivity contribution >= 4 is 29.1 Å². The number of ketones is 2.